The van der Waals surface area contributed by atoms with E-state index in [1.54, 1.807) is 32.9 Å². The van der Waals surface area contributed by atoms with Crippen LogP contribution in [0.2, 0.25) is 0 Å². The molecular weight excluding hydrogens is 195 g/mol. The summed E-state index contributed by atoms with van der Waals surface area (Å²) in [6.07, 6.45) is 0. The number of carbonyl (C=O) groups is 1. The molecule has 1 unspecified atom stereocenters. The second kappa shape index (κ2) is 4.43. The van der Waals surface area contributed by atoms with Gasteiger partial charge in [-0.25, -0.2) is 4.39 Å². The molecule has 0 radical (unpaired) electrons. The molecule has 0 aliphatic heterocycles. The number of aryl methyl sites for hydroxylation is 1. The third-order valence-corrected chi connectivity index (χ3v) is 2.42. The van der Waals surface area contributed by atoms with Crippen LogP contribution in [0.15, 0.2) is 18.2 Å². The van der Waals surface area contributed by atoms with E-state index >= 15 is 0 Å². The van der Waals surface area contributed by atoms with Crippen LogP contribution >= 0.6 is 0 Å². The number of carboxylic acids is 1. The molecule has 1 rings (SSSR count). The summed E-state index contributed by atoms with van der Waals surface area (Å²) in [7, 11) is 0. The third-order valence-electron chi connectivity index (χ3n) is 2.42. The lowest BCUT2D eigenvalue weighted by Gasteiger charge is -2.17. The monoisotopic (exact) mass is 210 g/mol. The van der Waals surface area contributed by atoms with E-state index in [0.29, 0.717) is 0 Å². The second-order valence-electron chi connectivity index (χ2n) is 4.08. The first kappa shape index (κ1) is 11.7. The van der Waals surface area contributed by atoms with Crippen molar-refractivity contribution in [2.75, 3.05) is 0 Å². The van der Waals surface area contributed by atoms with Crippen LogP contribution in [0.5, 0.6) is 0 Å². The molecule has 0 aliphatic carbocycles. The zero-order chi connectivity index (χ0) is 11.6. The maximum absolute atomic E-state index is 13.6. The highest BCUT2D eigenvalue weighted by atomic mass is 19.1. The van der Waals surface area contributed by atoms with E-state index in [2.05, 4.69) is 0 Å². The van der Waals surface area contributed by atoms with Gasteiger partial charge in [0.1, 0.15) is 5.82 Å². The Balaban J connectivity index is 3.17. The molecule has 1 N–H and O–H groups in total. The molecule has 15 heavy (non-hydrogen) atoms. The van der Waals surface area contributed by atoms with Crippen molar-refractivity contribution in [3.05, 3.63) is 35.1 Å². The quantitative estimate of drug-likeness (QED) is 0.832. The van der Waals surface area contributed by atoms with Crippen molar-refractivity contribution in [3.63, 3.8) is 0 Å². The molecule has 0 aromatic heterocycles. The molecule has 0 amide bonds. The van der Waals surface area contributed by atoms with E-state index in [1.807, 2.05) is 0 Å². The van der Waals surface area contributed by atoms with Crippen LogP contribution in [0.4, 0.5) is 4.39 Å². The van der Waals surface area contributed by atoms with Gasteiger partial charge in [0.2, 0.25) is 0 Å². The summed E-state index contributed by atoms with van der Waals surface area (Å²) in [6, 6.07) is 4.66. The first-order chi connectivity index (χ1) is 6.93. The van der Waals surface area contributed by atoms with Crippen LogP contribution in [0.3, 0.4) is 0 Å². The average molecular weight is 210 g/mol. The number of rotatable bonds is 3. The molecule has 1 aromatic rings. The minimum atomic E-state index is -0.979. The average Bonchev–Trinajstić information content (AvgIpc) is 2.08. The number of carboxylic acid groups (broad SMARTS) is 1. The fourth-order valence-electron chi connectivity index (χ4n) is 1.66. The molecule has 1 aromatic carbocycles. The molecule has 0 saturated carbocycles. The predicted octanol–water partition coefficient (Wildman–Crippen LogP) is 2.96. The normalized spacial score (nSPS) is 12.9. The maximum Gasteiger partial charge on any atom is 0.311 e. The highest BCUT2D eigenvalue weighted by molar-refractivity contribution is 5.76. The molecule has 0 fully saturated rings. The Bertz CT molecular complexity index is 372. The summed E-state index contributed by atoms with van der Waals surface area (Å²) < 4.78 is 13.6. The minimum Gasteiger partial charge on any atom is -0.481 e. The lowest BCUT2D eigenvalue weighted by molar-refractivity contribution is -0.139. The summed E-state index contributed by atoms with van der Waals surface area (Å²) in [6.45, 7) is 5.33. The van der Waals surface area contributed by atoms with Gasteiger partial charge in [-0.2, -0.15) is 0 Å². The van der Waals surface area contributed by atoms with E-state index in [9.17, 15) is 9.18 Å². The van der Waals surface area contributed by atoms with E-state index in [1.165, 1.54) is 6.07 Å². The molecular formula is C12H15FO2. The van der Waals surface area contributed by atoms with Gasteiger partial charge in [0.25, 0.3) is 0 Å². The van der Waals surface area contributed by atoms with Gasteiger partial charge in [0.05, 0.1) is 5.92 Å². The molecule has 0 aliphatic rings. The SMILES string of the molecule is Cc1ccc(C(C(=O)O)C(C)C)c(F)c1. The van der Waals surface area contributed by atoms with Crippen LogP contribution in [0.25, 0.3) is 0 Å². The van der Waals surface area contributed by atoms with Gasteiger partial charge in [-0.1, -0.05) is 26.0 Å². The summed E-state index contributed by atoms with van der Waals surface area (Å²) in [4.78, 5) is 11.0. The van der Waals surface area contributed by atoms with Crippen molar-refractivity contribution in [1.82, 2.24) is 0 Å². The van der Waals surface area contributed by atoms with Gasteiger partial charge in [-0.15, -0.1) is 0 Å². The fraction of sp³-hybridized carbons (Fsp3) is 0.417. The Morgan fingerprint density at radius 1 is 1.40 bits per heavy atom. The van der Waals surface area contributed by atoms with Crippen LogP contribution in [0, 0.1) is 18.7 Å². The highest BCUT2D eigenvalue weighted by Crippen LogP contribution is 2.27. The Hall–Kier alpha value is -1.38. The largest absolute Gasteiger partial charge is 0.481 e. The Kier molecular flexibility index (Phi) is 3.45. The molecule has 1 atom stereocenters. The molecule has 0 saturated heterocycles. The number of aliphatic carboxylic acids is 1. The van der Waals surface area contributed by atoms with Gasteiger partial charge < -0.3 is 5.11 Å². The van der Waals surface area contributed by atoms with Gasteiger partial charge in [-0.05, 0) is 24.5 Å². The summed E-state index contributed by atoms with van der Waals surface area (Å²) in [5.41, 5.74) is 1.06. The first-order valence-corrected chi connectivity index (χ1v) is 4.92. The van der Waals surface area contributed by atoms with E-state index in [-0.39, 0.29) is 11.5 Å². The summed E-state index contributed by atoms with van der Waals surface area (Å²) in [5.74, 6) is -2.31. The van der Waals surface area contributed by atoms with Crippen molar-refractivity contribution in [1.29, 1.82) is 0 Å². The van der Waals surface area contributed by atoms with Crippen molar-refractivity contribution in [2.24, 2.45) is 5.92 Å². The van der Waals surface area contributed by atoms with E-state index in [0.717, 1.165) is 5.56 Å². The summed E-state index contributed by atoms with van der Waals surface area (Å²) in [5, 5.41) is 9.02. The lowest BCUT2D eigenvalue weighted by Crippen LogP contribution is -2.18. The molecule has 3 heteroatoms. The van der Waals surface area contributed by atoms with Crippen molar-refractivity contribution < 1.29 is 14.3 Å². The standard InChI is InChI=1S/C12H15FO2/c1-7(2)11(12(14)15)9-5-4-8(3)6-10(9)13/h4-7,11H,1-3H3,(H,14,15). The third kappa shape index (κ3) is 2.55. The molecule has 0 heterocycles. The number of hydrogen-bond donors (Lipinski definition) is 1. The van der Waals surface area contributed by atoms with Gasteiger partial charge in [0.15, 0.2) is 0 Å². The number of halogens is 1. The van der Waals surface area contributed by atoms with Crippen LogP contribution in [0.1, 0.15) is 30.9 Å². The molecule has 82 valence electrons. The summed E-state index contributed by atoms with van der Waals surface area (Å²) >= 11 is 0. The lowest BCUT2D eigenvalue weighted by atomic mass is 9.88. The van der Waals surface area contributed by atoms with Crippen LogP contribution < -0.4 is 0 Å². The van der Waals surface area contributed by atoms with Crippen LogP contribution in [-0.4, -0.2) is 11.1 Å². The minimum absolute atomic E-state index is 0.125. The highest BCUT2D eigenvalue weighted by Gasteiger charge is 2.26. The maximum atomic E-state index is 13.6. The molecule has 2 nitrogen and oxygen atoms in total. The Morgan fingerprint density at radius 3 is 2.40 bits per heavy atom. The zero-order valence-electron chi connectivity index (χ0n) is 9.12. The molecule has 0 bridgehead atoms. The topological polar surface area (TPSA) is 37.3 Å². The Labute approximate surface area is 88.7 Å². The van der Waals surface area contributed by atoms with Gasteiger partial charge in [0, 0.05) is 5.56 Å². The fourth-order valence-corrected chi connectivity index (χ4v) is 1.66. The Morgan fingerprint density at radius 2 is 2.00 bits per heavy atom. The van der Waals surface area contributed by atoms with Crippen molar-refractivity contribution in [3.8, 4) is 0 Å². The number of benzene rings is 1. The smallest absolute Gasteiger partial charge is 0.311 e. The van der Waals surface area contributed by atoms with Crippen LogP contribution in [-0.2, 0) is 4.79 Å². The molecule has 0 spiro atoms. The second-order valence-corrected chi connectivity index (χ2v) is 4.08. The predicted molar refractivity (Wildman–Crippen MR) is 56.4 cm³/mol. The van der Waals surface area contributed by atoms with Gasteiger partial charge in [-0.3, -0.25) is 4.79 Å². The van der Waals surface area contributed by atoms with E-state index < -0.39 is 17.7 Å². The zero-order valence-corrected chi connectivity index (χ0v) is 9.12. The van der Waals surface area contributed by atoms with Crippen molar-refractivity contribution >= 4 is 5.97 Å². The van der Waals surface area contributed by atoms with Gasteiger partial charge >= 0.3 is 5.97 Å². The van der Waals surface area contributed by atoms with E-state index in [4.69, 9.17) is 5.11 Å². The van der Waals surface area contributed by atoms with Crippen molar-refractivity contribution in [2.45, 2.75) is 26.7 Å². The number of hydrogen-bond acceptors (Lipinski definition) is 1. The first-order valence-electron chi connectivity index (χ1n) is 4.92.